The fraction of sp³-hybridized carbons (Fsp3) is 0.333. The Morgan fingerprint density at radius 2 is 1.79 bits per heavy atom. The van der Waals surface area contributed by atoms with E-state index in [1.54, 1.807) is 23.1 Å². The van der Waals surface area contributed by atoms with Gasteiger partial charge in [0, 0.05) is 38.4 Å². The molecule has 0 unspecified atom stereocenters. The molecule has 29 heavy (non-hydrogen) atoms. The number of benzene rings is 2. The first-order valence-electron chi connectivity index (χ1n) is 9.50. The van der Waals surface area contributed by atoms with Crippen molar-refractivity contribution >= 4 is 17.6 Å². The van der Waals surface area contributed by atoms with Crippen LogP contribution in [0.4, 0.5) is 5.69 Å². The third-order valence-electron chi connectivity index (χ3n) is 5.02. The molecular formula is C21H23N3O5. The van der Waals surface area contributed by atoms with Gasteiger partial charge in [-0.3, -0.25) is 9.69 Å². The van der Waals surface area contributed by atoms with E-state index in [2.05, 4.69) is 4.90 Å². The lowest BCUT2D eigenvalue weighted by Crippen LogP contribution is -2.49. The van der Waals surface area contributed by atoms with Crippen molar-refractivity contribution in [1.82, 2.24) is 9.80 Å². The molecule has 4 rings (SSSR count). The molecule has 0 spiro atoms. The van der Waals surface area contributed by atoms with Crippen LogP contribution in [-0.4, -0.2) is 61.3 Å². The van der Waals surface area contributed by atoms with Gasteiger partial charge >= 0.3 is 5.97 Å². The molecule has 2 aliphatic heterocycles. The number of nitrogens with zero attached hydrogens (tertiary/aromatic N) is 2. The number of anilines is 1. The van der Waals surface area contributed by atoms with E-state index in [1.165, 1.54) is 6.07 Å². The topological polar surface area (TPSA) is 94.3 Å². The van der Waals surface area contributed by atoms with E-state index in [1.807, 2.05) is 18.2 Å². The molecule has 0 aromatic heterocycles. The zero-order valence-corrected chi connectivity index (χ0v) is 16.0. The number of hydrogen-bond donors (Lipinski definition) is 1. The first kappa shape index (κ1) is 19.1. The van der Waals surface area contributed by atoms with E-state index in [0.29, 0.717) is 24.3 Å². The number of hydrogen-bond acceptors (Lipinski definition) is 7. The van der Waals surface area contributed by atoms with Crippen molar-refractivity contribution in [3.8, 4) is 11.5 Å². The second-order valence-electron chi connectivity index (χ2n) is 7.05. The number of nitrogen functional groups attached to an aromatic ring is 1. The van der Waals surface area contributed by atoms with Gasteiger partial charge in [-0.1, -0.05) is 12.1 Å². The van der Waals surface area contributed by atoms with Crippen LogP contribution in [0, 0.1) is 0 Å². The minimum atomic E-state index is -0.549. The van der Waals surface area contributed by atoms with Crippen molar-refractivity contribution in [2.24, 2.45) is 0 Å². The number of nitrogens with two attached hydrogens (primary N) is 1. The summed E-state index contributed by atoms with van der Waals surface area (Å²) in [5.41, 5.74) is 7.62. The van der Waals surface area contributed by atoms with Gasteiger partial charge in [0.15, 0.2) is 18.1 Å². The quantitative estimate of drug-likeness (QED) is 0.603. The fourth-order valence-corrected chi connectivity index (χ4v) is 3.42. The van der Waals surface area contributed by atoms with Crippen LogP contribution in [0.25, 0.3) is 0 Å². The monoisotopic (exact) mass is 397 g/mol. The Labute approximate surface area is 168 Å². The standard InChI is InChI=1S/C21H23N3O5/c22-17-3-1-2-16(11-17)21(26)27-13-20(25)24-8-6-23(7-9-24)12-15-4-5-18-19(10-15)29-14-28-18/h1-5,10-11H,6-9,12-14,22H2. The van der Waals surface area contributed by atoms with Crippen molar-refractivity contribution < 1.29 is 23.8 Å². The molecule has 1 saturated heterocycles. The first-order chi connectivity index (χ1) is 14.1. The van der Waals surface area contributed by atoms with E-state index in [-0.39, 0.29) is 19.3 Å². The predicted octanol–water partition coefficient (Wildman–Crippen LogP) is 1.50. The van der Waals surface area contributed by atoms with Gasteiger partial charge in [0.1, 0.15) is 0 Å². The van der Waals surface area contributed by atoms with E-state index in [0.717, 1.165) is 36.7 Å². The number of fused-ring (bicyclic) bond motifs is 1. The summed E-state index contributed by atoms with van der Waals surface area (Å²) in [7, 11) is 0. The van der Waals surface area contributed by atoms with Crippen LogP contribution < -0.4 is 15.2 Å². The van der Waals surface area contributed by atoms with E-state index in [9.17, 15) is 9.59 Å². The molecule has 0 bridgehead atoms. The van der Waals surface area contributed by atoms with Gasteiger partial charge in [0.2, 0.25) is 6.79 Å². The van der Waals surface area contributed by atoms with Crippen LogP contribution in [0.2, 0.25) is 0 Å². The van der Waals surface area contributed by atoms with Crippen LogP contribution in [0.5, 0.6) is 11.5 Å². The first-order valence-corrected chi connectivity index (χ1v) is 9.50. The molecular weight excluding hydrogens is 374 g/mol. The van der Waals surface area contributed by atoms with Crippen LogP contribution in [0.3, 0.4) is 0 Å². The zero-order chi connectivity index (χ0) is 20.2. The van der Waals surface area contributed by atoms with Crippen molar-refractivity contribution in [3.05, 3.63) is 53.6 Å². The van der Waals surface area contributed by atoms with Gasteiger partial charge in [-0.05, 0) is 35.9 Å². The van der Waals surface area contributed by atoms with Crippen LogP contribution >= 0.6 is 0 Å². The highest BCUT2D eigenvalue weighted by molar-refractivity contribution is 5.92. The number of esters is 1. The molecule has 1 fully saturated rings. The van der Waals surface area contributed by atoms with Gasteiger partial charge in [-0.15, -0.1) is 0 Å². The molecule has 2 aliphatic rings. The normalized spacial score (nSPS) is 15.9. The summed E-state index contributed by atoms with van der Waals surface area (Å²) in [6.07, 6.45) is 0. The molecule has 0 aliphatic carbocycles. The average Bonchev–Trinajstić information content (AvgIpc) is 3.20. The molecule has 2 aromatic carbocycles. The number of amides is 1. The highest BCUT2D eigenvalue weighted by atomic mass is 16.7. The number of rotatable bonds is 5. The molecule has 2 aromatic rings. The van der Waals surface area contributed by atoms with E-state index >= 15 is 0 Å². The highest BCUT2D eigenvalue weighted by Crippen LogP contribution is 2.32. The van der Waals surface area contributed by atoms with Gasteiger partial charge in [0.05, 0.1) is 5.56 Å². The SMILES string of the molecule is Nc1cccc(C(=O)OCC(=O)N2CCN(Cc3ccc4c(c3)OCO4)CC2)c1. The zero-order valence-electron chi connectivity index (χ0n) is 16.0. The molecule has 2 heterocycles. The number of carbonyl (C=O) groups excluding carboxylic acids is 2. The van der Waals surface area contributed by atoms with Crippen molar-refractivity contribution in [1.29, 1.82) is 0 Å². The molecule has 8 nitrogen and oxygen atoms in total. The van der Waals surface area contributed by atoms with Crippen LogP contribution in [-0.2, 0) is 16.1 Å². The molecule has 2 N–H and O–H groups in total. The fourth-order valence-electron chi connectivity index (χ4n) is 3.42. The summed E-state index contributed by atoms with van der Waals surface area (Å²) in [5, 5.41) is 0. The lowest BCUT2D eigenvalue weighted by Gasteiger charge is -2.34. The lowest BCUT2D eigenvalue weighted by atomic mass is 10.1. The van der Waals surface area contributed by atoms with Crippen molar-refractivity contribution in [3.63, 3.8) is 0 Å². The summed E-state index contributed by atoms with van der Waals surface area (Å²) in [5.74, 6) is 0.812. The second kappa shape index (κ2) is 8.40. The maximum atomic E-state index is 12.4. The third kappa shape index (κ3) is 4.60. The Hall–Kier alpha value is -3.26. The molecule has 0 atom stereocenters. The second-order valence-corrected chi connectivity index (χ2v) is 7.05. The maximum absolute atomic E-state index is 12.4. The summed E-state index contributed by atoms with van der Waals surface area (Å²) < 4.78 is 15.9. The van der Waals surface area contributed by atoms with Crippen LogP contribution in [0.1, 0.15) is 15.9 Å². The smallest absolute Gasteiger partial charge is 0.338 e. The minimum absolute atomic E-state index is 0.190. The molecule has 0 radical (unpaired) electrons. The molecule has 8 heteroatoms. The Kier molecular flexibility index (Phi) is 5.53. The average molecular weight is 397 g/mol. The van der Waals surface area contributed by atoms with Gasteiger partial charge < -0.3 is 24.8 Å². The van der Waals surface area contributed by atoms with Gasteiger partial charge in [0.25, 0.3) is 5.91 Å². The minimum Gasteiger partial charge on any atom is -0.454 e. The summed E-state index contributed by atoms with van der Waals surface area (Å²) in [4.78, 5) is 28.4. The predicted molar refractivity (Wildman–Crippen MR) is 106 cm³/mol. The largest absolute Gasteiger partial charge is 0.454 e. The van der Waals surface area contributed by atoms with E-state index < -0.39 is 5.97 Å². The molecule has 0 saturated carbocycles. The Bertz CT molecular complexity index is 909. The van der Waals surface area contributed by atoms with Crippen LogP contribution in [0.15, 0.2) is 42.5 Å². The lowest BCUT2D eigenvalue weighted by molar-refractivity contribution is -0.136. The summed E-state index contributed by atoms with van der Waals surface area (Å²) in [6.45, 7) is 3.48. The maximum Gasteiger partial charge on any atom is 0.338 e. The van der Waals surface area contributed by atoms with E-state index in [4.69, 9.17) is 19.9 Å². The Balaban J connectivity index is 1.23. The highest BCUT2D eigenvalue weighted by Gasteiger charge is 2.23. The number of piperazine rings is 1. The number of carbonyl (C=O) groups is 2. The third-order valence-corrected chi connectivity index (χ3v) is 5.02. The summed E-state index contributed by atoms with van der Waals surface area (Å²) >= 11 is 0. The Morgan fingerprint density at radius 1 is 1.00 bits per heavy atom. The van der Waals surface area contributed by atoms with Gasteiger partial charge in [-0.2, -0.15) is 0 Å². The molecule has 152 valence electrons. The van der Waals surface area contributed by atoms with Crippen molar-refractivity contribution in [2.75, 3.05) is 45.3 Å². The molecule has 1 amide bonds. The van der Waals surface area contributed by atoms with Crippen molar-refractivity contribution in [2.45, 2.75) is 6.54 Å². The Morgan fingerprint density at radius 3 is 2.59 bits per heavy atom. The summed E-state index contributed by atoms with van der Waals surface area (Å²) in [6, 6.07) is 12.4. The van der Waals surface area contributed by atoms with Gasteiger partial charge in [-0.25, -0.2) is 4.79 Å². The number of ether oxygens (including phenoxy) is 3.